The number of carbonyl (C=O) groups is 2. The molecule has 148 valence electrons. The molecule has 0 spiro atoms. The lowest BCUT2D eigenvalue weighted by atomic mass is 10.0. The molecule has 0 saturated heterocycles. The van der Waals surface area contributed by atoms with Crippen molar-refractivity contribution in [3.63, 3.8) is 0 Å². The van der Waals surface area contributed by atoms with Crippen LogP contribution < -0.4 is 5.32 Å². The third-order valence-corrected chi connectivity index (χ3v) is 4.79. The Morgan fingerprint density at radius 3 is 2.17 bits per heavy atom. The fourth-order valence-corrected chi connectivity index (χ4v) is 3.20. The molecule has 0 aliphatic heterocycles. The van der Waals surface area contributed by atoms with E-state index in [0.29, 0.717) is 17.7 Å². The van der Waals surface area contributed by atoms with Gasteiger partial charge in [-0.15, -0.1) is 0 Å². The second kappa shape index (κ2) is 8.96. The van der Waals surface area contributed by atoms with Gasteiger partial charge >= 0.3 is 0 Å². The van der Waals surface area contributed by atoms with E-state index in [4.69, 9.17) is 0 Å². The van der Waals surface area contributed by atoms with Gasteiger partial charge in [0.25, 0.3) is 5.91 Å². The Hall–Kier alpha value is -4.06. The van der Waals surface area contributed by atoms with Gasteiger partial charge in [0.1, 0.15) is 6.04 Å². The third-order valence-electron chi connectivity index (χ3n) is 4.79. The second-order valence-electron chi connectivity index (χ2n) is 6.83. The van der Waals surface area contributed by atoms with E-state index < -0.39 is 6.04 Å². The molecule has 4 aromatic rings. The summed E-state index contributed by atoms with van der Waals surface area (Å²) in [4.78, 5) is 33.9. The molecule has 2 aromatic carbocycles. The second-order valence-corrected chi connectivity index (χ2v) is 6.83. The number of rotatable bonds is 7. The molecule has 0 fully saturated rings. The molecule has 2 aromatic heterocycles. The van der Waals surface area contributed by atoms with Crippen molar-refractivity contribution in [1.29, 1.82) is 0 Å². The van der Waals surface area contributed by atoms with Gasteiger partial charge < -0.3 is 9.88 Å². The molecule has 0 aliphatic rings. The van der Waals surface area contributed by atoms with Gasteiger partial charge in [0, 0.05) is 35.9 Å². The molecule has 0 aliphatic carbocycles. The van der Waals surface area contributed by atoms with Crippen LogP contribution in [0.5, 0.6) is 0 Å². The summed E-state index contributed by atoms with van der Waals surface area (Å²) in [6.45, 7) is 0.300. The van der Waals surface area contributed by atoms with Crippen molar-refractivity contribution in [3.05, 3.63) is 109 Å². The zero-order valence-corrected chi connectivity index (χ0v) is 16.2. The number of benzene rings is 2. The fourth-order valence-electron chi connectivity index (χ4n) is 3.20. The van der Waals surface area contributed by atoms with E-state index in [2.05, 4.69) is 15.3 Å². The van der Waals surface area contributed by atoms with Crippen molar-refractivity contribution < 1.29 is 9.59 Å². The molecule has 0 bridgehead atoms. The average molecular weight is 396 g/mol. The Morgan fingerprint density at radius 2 is 1.50 bits per heavy atom. The number of imidazole rings is 1. The molecule has 0 saturated carbocycles. The van der Waals surface area contributed by atoms with E-state index in [0.717, 1.165) is 11.1 Å². The van der Waals surface area contributed by atoms with Crippen LogP contribution in [-0.4, -0.2) is 32.3 Å². The highest BCUT2D eigenvalue weighted by molar-refractivity contribution is 6.04. The van der Waals surface area contributed by atoms with E-state index >= 15 is 0 Å². The Morgan fingerprint density at radius 1 is 0.800 bits per heavy atom. The van der Waals surface area contributed by atoms with Gasteiger partial charge in [-0.1, -0.05) is 42.5 Å². The van der Waals surface area contributed by atoms with Crippen molar-refractivity contribution in [3.8, 4) is 11.1 Å². The van der Waals surface area contributed by atoms with E-state index in [1.54, 1.807) is 72.1 Å². The number of aromatic nitrogens is 3. The molecule has 6 heteroatoms. The summed E-state index contributed by atoms with van der Waals surface area (Å²) in [6, 6.07) is 19.4. The van der Waals surface area contributed by atoms with Gasteiger partial charge in [-0.05, 0) is 35.4 Å². The summed E-state index contributed by atoms with van der Waals surface area (Å²) in [6.07, 6.45) is 8.49. The zero-order chi connectivity index (χ0) is 20.8. The fraction of sp³-hybridized carbons (Fsp3) is 0.0833. The molecule has 0 radical (unpaired) electrons. The minimum atomic E-state index is -0.714. The number of hydrogen-bond donors (Lipinski definition) is 1. The quantitative estimate of drug-likeness (QED) is 0.484. The number of nitrogens with one attached hydrogen (secondary N) is 1. The number of hydrogen-bond acceptors (Lipinski definition) is 4. The third kappa shape index (κ3) is 4.50. The van der Waals surface area contributed by atoms with Crippen molar-refractivity contribution in [2.24, 2.45) is 0 Å². The van der Waals surface area contributed by atoms with Crippen molar-refractivity contribution in [1.82, 2.24) is 19.9 Å². The molecule has 4 rings (SSSR count). The molecular formula is C24H20N4O2. The molecular weight excluding hydrogens is 376 g/mol. The summed E-state index contributed by atoms with van der Waals surface area (Å²) in [5, 5.41) is 2.88. The number of Topliss-reactive ketones (excluding diaryl/α,β-unsaturated/α-hetero) is 1. The minimum absolute atomic E-state index is 0.147. The predicted octanol–water partition coefficient (Wildman–Crippen LogP) is 3.63. The first kappa shape index (κ1) is 19.3. The van der Waals surface area contributed by atoms with E-state index in [1.807, 2.05) is 30.3 Å². The summed E-state index contributed by atoms with van der Waals surface area (Å²) >= 11 is 0. The maximum Gasteiger partial charge on any atom is 0.251 e. The minimum Gasteiger partial charge on any atom is -0.340 e. The molecule has 1 amide bonds. The smallest absolute Gasteiger partial charge is 0.251 e. The molecule has 30 heavy (non-hydrogen) atoms. The highest BCUT2D eigenvalue weighted by Gasteiger charge is 2.23. The molecule has 1 N–H and O–H groups in total. The maximum atomic E-state index is 13.0. The summed E-state index contributed by atoms with van der Waals surface area (Å²) in [5.41, 5.74) is 3.05. The van der Waals surface area contributed by atoms with Crippen LogP contribution >= 0.6 is 0 Å². The summed E-state index contributed by atoms with van der Waals surface area (Å²) in [5.74, 6) is -0.447. The molecule has 6 nitrogen and oxygen atoms in total. The highest BCUT2D eigenvalue weighted by atomic mass is 16.2. The van der Waals surface area contributed by atoms with Crippen LogP contribution in [0.15, 0.2) is 97.8 Å². The zero-order valence-electron chi connectivity index (χ0n) is 16.2. The van der Waals surface area contributed by atoms with Gasteiger partial charge in [-0.3, -0.25) is 14.6 Å². The maximum absolute atomic E-state index is 13.0. The topological polar surface area (TPSA) is 76.9 Å². The Balaban J connectivity index is 1.53. The van der Waals surface area contributed by atoms with Crippen molar-refractivity contribution >= 4 is 11.7 Å². The van der Waals surface area contributed by atoms with Gasteiger partial charge in [0.15, 0.2) is 5.78 Å². The van der Waals surface area contributed by atoms with E-state index in [9.17, 15) is 9.59 Å². The first-order valence-corrected chi connectivity index (χ1v) is 9.57. The van der Waals surface area contributed by atoms with Crippen LogP contribution in [0.1, 0.15) is 20.7 Å². The van der Waals surface area contributed by atoms with Gasteiger partial charge in [-0.2, -0.15) is 0 Å². The largest absolute Gasteiger partial charge is 0.340 e. The first-order chi connectivity index (χ1) is 14.7. The number of ketones is 1. The molecule has 2 heterocycles. The van der Waals surface area contributed by atoms with Crippen LogP contribution in [-0.2, 0) is 6.54 Å². The van der Waals surface area contributed by atoms with E-state index in [-0.39, 0.29) is 11.7 Å². The number of nitrogens with zero attached hydrogens (tertiary/aromatic N) is 3. The monoisotopic (exact) mass is 396 g/mol. The summed E-state index contributed by atoms with van der Waals surface area (Å²) < 4.78 is 1.78. The molecule has 1 unspecified atom stereocenters. The van der Waals surface area contributed by atoms with Gasteiger partial charge in [0.05, 0.1) is 12.9 Å². The van der Waals surface area contributed by atoms with Crippen LogP contribution in [0, 0.1) is 0 Å². The van der Waals surface area contributed by atoms with Gasteiger partial charge in [0.2, 0.25) is 0 Å². The summed E-state index contributed by atoms with van der Waals surface area (Å²) in [7, 11) is 0. The van der Waals surface area contributed by atoms with Crippen molar-refractivity contribution in [2.45, 2.75) is 12.6 Å². The number of amides is 1. The van der Waals surface area contributed by atoms with Crippen LogP contribution in [0.4, 0.5) is 0 Å². The Bertz CT molecular complexity index is 1110. The lowest BCUT2D eigenvalue weighted by Crippen LogP contribution is -2.43. The van der Waals surface area contributed by atoms with Crippen LogP contribution in [0.25, 0.3) is 11.1 Å². The normalized spacial score (nSPS) is 11.6. The van der Waals surface area contributed by atoms with Crippen LogP contribution in [0.3, 0.4) is 0 Å². The molecule has 1 atom stereocenters. The Labute approximate surface area is 174 Å². The predicted molar refractivity (Wildman–Crippen MR) is 114 cm³/mol. The standard InChI is InChI=1S/C24H20N4O2/c29-23(20-4-2-1-3-5-20)22(16-28-15-14-26-17-28)27-24(30)21-8-6-18(7-9-21)19-10-12-25-13-11-19/h1-15,17,22H,16H2,(H,27,30). The number of pyridine rings is 1. The number of carbonyl (C=O) groups excluding carboxylic acids is 2. The lowest BCUT2D eigenvalue weighted by molar-refractivity contribution is 0.0847. The average Bonchev–Trinajstić information content (AvgIpc) is 3.32. The first-order valence-electron chi connectivity index (χ1n) is 9.57. The van der Waals surface area contributed by atoms with Crippen molar-refractivity contribution in [2.75, 3.05) is 0 Å². The Kier molecular flexibility index (Phi) is 5.75. The SMILES string of the molecule is O=C(NC(Cn1ccnc1)C(=O)c1ccccc1)c1ccc(-c2ccncc2)cc1. The van der Waals surface area contributed by atoms with Gasteiger partial charge in [-0.25, -0.2) is 4.98 Å². The van der Waals surface area contributed by atoms with E-state index in [1.165, 1.54) is 0 Å². The lowest BCUT2D eigenvalue weighted by Gasteiger charge is -2.18. The van der Waals surface area contributed by atoms with Crippen LogP contribution in [0.2, 0.25) is 0 Å². The highest BCUT2D eigenvalue weighted by Crippen LogP contribution is 2.19.